The van der Waals surface area contributed by atoms with Crippen LogP contribution in [0.5, 0.6) is 0 Å². The lowest BCUT2D eigenvalue weighted by molar-refractivity contribution is 0.0791. The predicted octanol–water partition coefficient (Wildman–Crippen LogP) is 3.96. The molecule has 0 aliphatic heterocycles. The van der Waals surface area contributed by atoms with Crippen LogP contribution in [0.15, 0.2) is 41.5 Å². The number of hydrogen-bond acceptors (Lipinski definition) is 5. The van der Waals surface area contributed by atoms with Gasteiger partial charge < -0.3 is 10.1 Å². The summed E-state index contributed by atoms with van der Waals surface area (Å²) in [5, 5.41) is 4.47. The maximum absolute atomic E-state index is 13.2. The van der Waals surface area contributed by atoms with Crippen LogP contribution in [-0.4, -0.2) is 34.8 Å². The van der Waals surface area contributed by atoms with Gasteiger partial charge in [-0.15, -0.1) is 11.3 Å². The van der Waals surface area contributed by atoms with Gasteiger partial charge in [0, 0.05) is 24.0 Å². The van der Waals surface area contributed by atoms with Crippen LogP contribution in [0.1, 0.15) is 42.7 Å². The second-order valence-corrected chi connectivity index (χ2v) is 9.41. The number of aromatic nitrogens is 2. The fraction of sp³-hybridized carbons (Fsp3) is 0.500. The number of ether oxygens (including phenoxy) is 1. The minimum absolute atomic E-state index is 0.127. The lowest BCUT2D eigenvalue weighted by Crippen LogP contribution is -2.36. The SMILES string of the molecule is CC(C)OCCNC1CCc2c(sc3ncn(CCCc4ccccc4)c(=O)c23)C1. The fourth-order valence-corrected chi connectivity index (χ4v) is 5.45. The summed E-state index contributed by atoms with van der Waals surface area (Å²) < 4.78 is 7.42. The van der Waals surface area contributed by atoms with Crippen LogP contribution < -0.4 is 10.9 Å². The summed E-state index contributed by atoms with van der Waals surface area (Å²) in [5.41, 5.74) is 2.67. The first-order valence-electron chi connectivity index (χ1n) is 11.0. The third-order valence-electron chi connectivity index (χ3n) is 5.73. The van der Waals surface area contributed by atoms with Crippen LogP contribution in [0.2, 0.25) is 0 Å². The Kier molecular flexibility index (Phi) is 6.97. The normalized spacial score (nSPS) is 16.3. The summed E-state index contributed by atoms with van der Waals surface area (Å²) >= 11 is 1.70. The van der Waals surface area contributed by atoms with Crippen molar-refractivity contribution in [2.45, 2.75) is 64.6 Å². The van der Waals surface area contributed by atoms with Crippen LogP contribution in [-0.2, 0) is 30.5 Å². The molecule has 1 aliphatic carbocycles. The van der Waals surface area contributed by atoms with Crippen LogP contribution in [0.25, 0.3) is 10.2 Å². The van der Waals surface area contributed by atoms with Crippen molar-refractivity contribution in [3.8, 4) is 0 Å². The first kappa shape index (κ1) is 21.2. The van der Waals surface area contributed by atoms with E-state index >= 15 is 0 Å². The first-order valence-corrected chi connectivity index (χ1v) is 11.8. The van der Waals surface area contributed by atoms with Crippen LogP contribution in [0.4, 0.5) is 0 Å². The van der Waals surface area contributed by atoms with Gasteiger partial charge in [0.05, 0.1) is 24.4 Å². The zero-order valence-corrected chi connectivity index (χ0v) is 18.7. The maximum Gasteiger partial charge on any atom is 0.262 e. The average Bonchev–Trinajstić information content (AvgIpc) is 3.12. The second kappa shape index (κ2) is 9.86. The Bertz CT molecular complexity index is 1030. The number of nitrogens with one attached hydrogen (secondary N) is 1. The van der Waals surface area contributed by atoms with Gasteiger partial charge in [0.2, 0.25) is 0 Å². The van der Waals surface area contributed by atoms with Crippen molar-refractivity contribution in [3.63, 3.8) is 0 Å². The lowest BCUT2D eigenvalue weighted by Gasteiger charge is -2.23. The molecule has 1 atom stereocenters. The van der Waals surface area contributed by atoms with E-state index in [4.69, 9.17) is 4.74 Å². The van der Waals surface area contributed by atoms with Gasteiger partial charge in [-0.1, -0.05) is 30.3 Å². The minimum atomic E-state index is 0.127. The molecule has 30 heavy (non-hydrogen) atoms. The van der Waals surface area contributed by atoms with Crippen molar-refractivity contribution in [1.82, 2.24) is 14.9 Å². The highest BCUT2D eigenvalue weighted by Gasteiger charge is 2.25. The van der Waals surface area contributed by atoms with E-state index in [1.165, 1.54) is 16.0 Å². The van der Waals surface area contributed by atoms with Gasteiger partial charge in [0.25, 0.3) is 5.56 Å². The highest BCUT2D eigenvalue weighted by Crippen LogP contribution is 2.33. The topological polar surface area (TPSA) is 56.1 Å². The summed E-state index contributed by atoms with van der Waals surface area (Å²) in [6.07, 6.45) is 6.90. The molecule has 0 saturated heterocycles. The first-order chi connectivity index (χ1) is 14.6. The van der Waals surface area contributed by atoms with Crippen LogP contribution in [0, 0.1) is 0 Å². The molecular weight excluding hydrogens is 394 g/mol. The molecule has 0 saturated carbocycles. The quantitative estimate of drug-likeness (QED) is 0.527. The molecule has 1 unspecified atom stereocenters. The van der Waals surface area contributed by atoms with Crippen molar-refractivity contribution >= 4 is 21.6 Å². The summed E-state index contributed by atoms with van der Waals surface area (Å²) in [7, 11) is 0. The summed E-state index contributed by atoms with van der Waals surface area (Å²) in [6, 6.07) is 10.9. The molecule has 4 rings (SSSR count). The average molecular weight is 426 g/mol. The van der Waals surface area contributed by atoms with E-state index in [0.29, 0.717) is 12.6 Å². The molecule has 0 amide bonds. The van der Waals surface area contributed by atoms with Gasteiger partial charge >= 0.3 is 0 Å². The van der Waals surface area contributed by atoms with Gasteiger partial charge in [-0.25, -0.2) is 4.98 Å². The van der Waals surface area contributed by atoms with E-state index in [1.54, 1.807) is 22.2 Å². The lowest BCUT2D eigenvalue weighted by atomic mass is 9.93. The van der Waals surface area contributed by atoms with Gasteiger partial charge in [-0.05, 0) is 57.1 Å². The van der Waals surface area contributed by atoms with Crippen molar-refractivity contribution in [2.24, 2.45) is 0 Å². The highest BCUT2D eigenvalue weighted by molar-refractivity contribution is 7.18. The molecule has 5 nitrogen and oxygen atoms in total. The summed E-state index contributed by atoms with van der Waals surface area (Å²) in [5.74, 6) is 0. The van der Waals surface area contributed by atoms with Crippen molar-refractivity contribution in [3.05, 3.63) is 63.0 Å². The smallest absolute Gasteiger partial charge is 0.262 e. The molecule has 0 fully saturated rings. The third kappa shape index (κ3) is 4.99. The zero-order chi connectivity index (χ0) is 20.9. The number of fused-ring (bicyclic) bond motifs is 3. The molecule has 160 valence electrons. The summed E-state index contributed by atoms with van der Waals surface area (Å²) in [6.45, 7) is 6.44. The Balaban J connectivity index is 1.41. The molecule has 1 N–H and O–H groups in total. The van der Waals surface area contributed by atoms with Crippen LogP contribution in [0.3, 0.4) is 0 Å². The molecule has 0 radical (unpaired) electrons. The monoisotopic (exact) mass is 425 g/mol. The molecule has 0 bridgehead atoms. The molecule has 3 aromatic rings. The fourth-order valence-electron chi connectivity index (χ4n) is 4.19. The predicted molar refractivity (Wildman–Crippen MR) is 124 cm³/mol. The Morgan fingerprint density at radius 3 is 2.93 bits per heavy atom. The number of thiophene rings is 1. The van der Waals surface area contributed by atoms with E-state index in [2.05, 4.69) is 48.4 Å². The second-order valence-electron chi connectivity index (χ2n) is 8.33. The van der Waals surface area contributed by atoms with Gasteiger partial charge in [-0.3, -0.25) is 9.36 Å². The largest absolute Gasteiger partial charge is 0.377 e. The summed E-state index contributed by atoms with van der Waals surface area (Å²) in [4.78, 5) is 20.0. The van der Waals surface area contributed by atoms with Crippen LogP contribution >= 0.6 is 11.3 Å². The number of nitrogens with zero attached hydrogens (tertiary/aromatic N) is 2. The van der Waals surface area contributed by atoms with Gasteiger partial charge in [0.1, 0.15) is 4.83 Å². The molecule has 2 aromatic heterocycles. The molecule has 1 aliphatic rings. The third-order valence-corrected chi connectivity index (χ3v) is 6.89. The van der Waals surface area contributed by atoms with Crippen molar-refractivity contribution in [1.29, 1.82) is 0 Å². The highest BCUT2D eigenvalue weighted by atomic mass is 32.1. The number of benzene rings is 1. The van der Waals surface area contributed by atoms with Gasteiger partial charge in [-0.2, -0.15) is 0 Å². The standard InChI is InChI=1S/C24H31N3O2S/c1-17(2)29-14-12-25-19-10-11-20-21(15-19)30-23-22(20)24(28)27(16-26-23)13-6-9-18-7-4-3-5-8-18/h3-5,7-8,16-17,19,25H,6,9-15H2,1-2H3. The van der Waals surface area contributed by atoms with E-state index in [-0.39, 0.29) is 11.7 Å². The minimum Gasteiger partial charge on any atom is -0.377 e. The molecule has 0 spiro atoms. The molecule has 2 heterocycles. The van der Waals surface area contributed by atoms with E-state index in [0.717, 1.165) is 55.5 Å². The van der Waals surface area contributed by atoms with E-state index in [9.17, 15) is 4.79 Å². The van der Waals surface area contributed by atoms with Crippen molar-refractivity contribution in [2.75, 3.05) is 13.2 Å². The maximum atomic E-state index is 13.2. The van der Waals surface area contributed by atoms with Gasteiger partial charge in [0.15, 0.2) is 0 Å². The number of hydrogen-bond donors (Lipinski definition) is 1. The molecule has 6 heteroatoms. The Hall–Kier alpha value is -2.02. The number of aryl methyl sites for hydroxylation is 3. The Labute approximate surface area is 182 Å². The van der Waals surface area contributed by atoms with Crippen molar-refractivity contribution < 1.29 is 4.74 Å². The van der Waals surface area contributed by atoms with E-state index in [1.807, 2.05) is 6.07 Å². The Morgan fingerprint density at radius 2 is 2.13 bits per heavy atom. The molecular formula is C24H31N3O2S. The number of rotatable bonds is 9. The molecule has 1 aromatic carbocycles. The van der Waals surface area contributed by atoms with E-state index < -0.39 is 0 Å². The zero-order valence-electron chi connectivity index (χ0n) is 17.9. The Morgan fingerprint density at radius 1 is 1.30 bits per heavy atom.